The maximum Gasteiger partial charge on any atom is 0.0409 e. The van der Waals surface area contributed by atoms with Gasteiger partial charge < -0.3 is 5.32 Å². The van der Waals surface area contributed by atoms with E-state index >= 15 is 0 Å². The first kappa shape index (κ1) is 15.2. The van der Waals surface area contributed by atoms with Crippen molar-refractivity contribution in [3.8, 4) is 0 Å². The molecule has 0 amide bonds. The predicted octanol–water partition coefficient (Wildman–Crippen LogP) is 3.33. The number of hydrogen-bond donors (Lipinski definition) is 1. The van der Waals surface area contributed by atoms with Crippen molar-refractivity contribution in [2.45, 2.75) is 26.4 Å². The summed E-state index contributed by atoms with van der Waals surface area (Å²) in [6, 6.07) is 8.49. The molecule has 1 N–H and O–H groups in total. The Bertz CT molecular complexity index is 388. The third-order valence-electron chi connectivity index (χ3n) is 2.60. The van der Waals surface area contributed by atoms with Gasteiger partial charge in [-0.1, -0.05) is 44.2 Å². The van der Waals surface area contributed by atoms with Gasteiger partial charge in [0.15, 0.2) is 0 Å². The second kappa shape index (κ2) is 7.57. The number of nitrogens with zero attached hydrogens (tertiary/aromatic N) is 1. The van der Waals surface area contributed by atoms with Gasteiger partial charge in [-0.25, -0.2) is 0 Å². The molecule has 0 aliphatic rings. The van der Waals surface area contributed by atoms with Crippen LogP contribution in [0.2, 0.25) is 5.02 Å². The quantitative estimate of drug-likeness (QED) is 0.762. The van der Waals surface area contributed by atoms with Crippen LogP contribution in [0.1, 0.15) is 19.4 Å². The van der Waals surface area contributed by atoms with Gasteiger partial charge in [-0.05, 0) is 30.3 Å². The van der Waals surface area contributed by atoms with Crippen molar-refractivity contribution in [1.29, 1.82) is 0 Å². The van der Waals surface area contributed by atoms with Gasteiger partial charge >= 0.3 is 0 Å². The standard InChI is InChI=1S/C15H23ClN2/c1-12(2)17-9-13(3)10-18(4)11-14-6-5-7-15(16)8-14/h5-8,12,17H,3,9-11H2,1-2,4H3. The molecule has 1 aromatic carbocycles. The van der Waals surface area contributed by atoms with Crippen molar-refractivity contribution >= 4 is 11.6 Å². The van der Waals surface area contributed by atoms with E-state index in [1.807, 2.05) is 18.2 Å². The maximum atomic E-state index is 5.97. The van der Waals surface area contributed by atoms with Crippen molar-refractivity contribution in [2.75, 3.05) is 20.1 Å². The molecule has 0 spiro atoms. The van der Waals surface area contributed by atoms with E-state index in [1.165, 1.54) is 11.1 Å². The third-order valence-corrected chi connectivity index (χ3v) is 2.83. The van der Waals surface area contributed by atoms with E-state index in [-0.39, 0.29) is 0 Å². The lowest BCUT2D eigenvalue weighted by Crippen LogP contribution is -2.29. The molecule has 0 aromatic heterocycles. The van der Waals surface area contributed by atoms with Crippen molar-refractivity contribution < 1.29 is 0 Å². The zero-order valence-electron chi connectivity index (χ0n) is 11.5. The van der Waals surface area contributed by atoms with E-state index in [0.29, 0.717) is 6.04 Å². The van der Waals surface area contributed by atoms with Crippen molar-refractivity contribution in [1.82, 2.24) is 10.2 Å². The zero-order valence-corrected chi connectivity index (χ0v) is 12.3. The molecule has 0 radical (unpaired) electrons. The Kier molecular flexibility index (Phi) is 6.41. The second-order valence-corrected chi connectivity index (χ2v) is 5.52. The molecule has 0 aliphatic heterocycles. The van der Waals surface area contributed by atoms with E-state index in [0.717, 1.165) is 24.7 Å². The molecule has 0 aliphatic carbocycles. The Morgan fingerprint density at radius 3 is 2.78 bits per heavy atom. The minimum Gasteiger partial charge on any atom is -0.311 e. The van der Waals surface area contributed by atoms with E-state index in [4.69, 9.17) is 11.6 Å². The summed E-state index contributed by atoms with van der Waals surface area (Å²) in [5, 5.41) is 4.17. The number of rotatable bonds is 7. The summed E-state index contributed by atoms with van der Waals surface area (Å²) in [6.45, 7) is 11.0. The summed E-state index contributed by atoms with van der Waals surface area (Å²) in [6.07, 6.45) is 0. The lowest BCUT2D eigenvalue weighted by molar-refractivity contribution is 0.351. The van der Waals surface area contributed by atoms with Crippen LogP contribution in [0.4, 0.5) is 0 Å². The third kappa shape index (κ3) is 6.20. The van der Waals surface area contributed by atoms with E-state index in [1.54, 1.807) is 0 Å². The Labute approximate surface area is 116 Å². The van der Waals surface area contributed by atoms with Gasteiger partial charge in [-0.15, -0.1) is 0 Å². The van der Waals surface area contributed by atoms with Crippen LogP contribution in [-0.2, 0) is 6.54 Å². The molecule has 3 heteroatoms. The first-order valence-corrected chi connectivity index (χ1v) is 6.68. The van der Waals surface area contributed by atoms with Gasteiger partial charge in [0.1, 0.15) is 0 Å². The molecule has 1 aromatic rings. The zero-order chi connectivity index (χ0) is 13.5. The Hall–Kier alpha value is -0.830. The highest BCUT2D eigenvalue weighted by Crippen LogP contribution is 2.12. The fourth-order valence-electron chi connectivity index (χ4n) is 1.79. The molecule has 0 unspecified atom stereocenters. The molecule has 0 fully saturated rings. The Morgan fingerprint density at radius 1 is 1.44 bits per heavy atom. The number of nitrogens with one attached hydrogen (secondary N) is 1. The van der Waals surface area contributed by atoms with Gasteiger partial charge in [0.2, 0.25) is 0 Å². The smallest absolute Gasteiger partial charge is 0.0409 e. The molecular weight excluding hydrogens is 244 g/mol. The first-order chi connectivity index (χ1) is 8.47. The summed E-state index contributed by atoms with van der Waals surface area (Å²) in [4.78, 5) is 2.25. The number of benzene rings is 1. The molecule has 0 atom stereocenters. The van der Waals surface area contributed by atoms with Crippen LogP contribution in [0.5, 0.6) is 0 Å². The molecule has 0 saturated heterocycles. The van der Waals surface area contributed by atoms with Crippen LogP contribution >= 0.6 is 11.6 Å². The van der Waals surface area contributed by atoms with Crippen LogP contribution in [0.15, 0.2) is 36.4 Å². The SMILES string of the molecule is C=C(CNC(C)C)CN(C)Cc1cccc(Cl)c1. The van der Waals surface area contributed by atoms with Gasteiger partial charge in [0.25, 0.3) is 0 Å². The summed E-state index contributed by atoms with van der Waals surface area (Å²) in [5.74, 6) is 0. The van der Waals surface area contributed by atoms with E-state index in [2.05, 4.69) is 43.8 Å². The number of hydrogen-bond acceptors (Lipinski definition) is 2. The van der Waals surface area contributed by atoms with Crippen molar-refractivity contribution in [3.63, 3.8) is 0 Å². The second-order valence-electron chi connectivity index (χ2n) is 5.09. The summed E-state index contributed by atoms with van der Waals surface area (Å²) in [7, 11) is 2.10. The molecule has 1 rings (SSSR count). The fourth-order valence-corrected chi connectivity index (χ4v) is 2.00. The average Bonchev–Trinajstić information content (AvgIpc) is 2.26. The monoisotopic (exact) mass is 266 g/mol. The van der Waals surface area contributed by atoms with Crippen LogP contribution in [-0.4, -0.2) is 31.1 Å². The van der Waals surface area contributed by atoms with E-state index in [9.17, 15) is 0 Å². The van der Waals surface area contributed by atoms with Crippen LogP contribution < -0.4 is 5.32 Å². The highest BCUT2D eigenvalue weighted by molar-refractivity contribution is 6.30. The maximum absolute atomic E-state index is 5.97. The molecular formula is C15H23ClN2. The van der Waals surface area contributed by atoms with Gasteiger partial charge in [-0.3, -0.25) is 4.90 Å². The number of likely N-dealkylation sites (N-methyl/N-ethyl adjacent to an activating group) is 1. The molecule has 0 heterocycles. The lowest BCUT2D eigenvalue weighted by Gasteiger charge is -2.19. The largest absolute Gasteiger partial charge is 0.311 e. The molecule has 100 valence electrons. The highest BCUT2D eigenvalue weighted by atomic mass is 35.5. The van der Waals surface area contributed by atoms with E-state index < -0.39 is 0 Å². The lowest BCUT2D eigenvalue weighted by atomic mass is 10.2. The predicted molar refractivity (Wildman–Crippen MR) is 80.1 cm³/mol. The topological polar surface area (TPSA) is 15.3 Å². The van der Waals surface area contributed by atoms with Gasteiger partial charge in [0.05, 0.1) is 0 Å². The fraction of sp³-hybridized carbons (Fsp3) is 0.467. The highest BCUT2D eigenvalue weighted by Gasteiger charge is 2.03. The Morgan fingerprint density at radius 2 is 2.17 bits per heavy atom. The average molecular weight is 267 g/mol. The van der Waals surface area contributed by atoms with Gasteiger partial charge in [-0.2, -0.15) is 0 Å². The van der Waals surface area contributed by atoms with Crippen LogP contribution in [0, 0.1) is 0 Å². The van der Waals surface area contributed by atoms with Crippen LogP contribution in [0.25, 0.3) is 0 Å². The molecule has 2 nitrogen and oxygen atoms in total. The first-order valence-electron chi connectivity index (χ1n) is 6.30. The molecule has 18 heavy (non-hydrogen) atoms. The minimum absolute atomic E-state index is 0.500. The Balaban J connectivity index is 2.37. The minimum atomic E-state index is 0.500. The summed E-state index contributed by atoms with van der Waals surface area (Å²) in [5.41, 5.74) is 2.43. The molecule has 0 bridgehead atoms. The molecule has 0 saturated carbocycles. The number of halogens is 1. The normalized spacial score (nSPS) is 11.2. The van der Waals surface area contributed by atoms with Crippen molar-refractivity contribution in [2.24, 2.45) is 0 Å². The van der Waals surface area contributed by atoms with Crippen LogP contribution in [0.3, 0.4) is 0 Å². The van der Waals surface area contributed by atoms with Gasteiger partial charge in [0, 0.05) is 30.7 Å². The summed E-state index contributed by atoms with van der Waals surface area (Å²) < 4.78 is 0. The summed E-state index contributed by atoms with van der Waals surface area (Å²) >= 11 is 5.97. The van der Waals surface area contributed by atoms with Crippen molar-refractivity contribution in [3.05, 3.63) is 47.0 Å².